The number of fused-ring (bicyclic) bond motifs is 5. The molecule has 8 nitrogen and oxygen atoms in total. The van der Waals surface area contributed by atoms with Gasteiger partial charge in [-0.2, -0.15) is 0 Å². The van der Waals surface area contributed by atoms with Gasteiger partial charge in [0, 0.05) is 24.0 Å². The van der Waals surface area contributed by atoms with E-state index in [-0.39, 0.29) is 11.8 Å². The molecular weight excluding hydrogens is 416 g/mol. The van der Waals surface area contributed by atoms with Gasteiger partial charge in [-0.3, -0.25) is 9.78 Å². The average molecular weight is 441 g/mol. The SMILES string of the molecule is Cc1ccc(-c2ccc3c(c2)C(=O)Nc2cccc(n2)-c2nncn2CC[C@H](C)CO3)cn1. The normalized spacial score (nSPS) is 16.1. The van der Waals surface area contributed by atoms with E-state index >= 15 is 0 Å². The first-order valence-electron chi connectivity index (χ1n) is 10.9. The van der Waals surface area contributed by atoms with Crippen LogP contribution in [0.15, 0.2) is 61.1 Å². The van der Waals surface area contributed by atoms with Crippen LogP contribution in [0.2, 0.25) is 0 Å². The summed E-state index contributed by atoms with van der Waals surface area (Å²) in [7, 11) is 0. The summed E-state index contributed by atoms with van der Waals surface area (Å²) < 4.78 is 8.09. The molecule has 0 saturated heterocycles. The number of aromatic nitrogens is 5. The number of anilines is 1. The highest BCUT2D eigenvalue weighted by Crippen LogP contribution is 2.29. The Morgan fingerprint density at radius 1 is 1.12 bits per heavy atom. The molecule has 1 N–H and O–H groups in total. The van der Waals surface area contributed by atoms with Crippen LogP contribution < -0.4 is 10.1 Å². The third-order valence-electron chi connectivity index (χ3n) is 5.69. The van der Waals surface area contributed by atoms with Gasteiger partial charge in [-0.15, -0.1) is 10.2 Å². The largest absolute Gasteiger partial charge is 0.492 e. The van der Waals surface area contributed by atoms with Crippen molar-refractivity contribution in [3.63, 3.8) is 0 Å². The lowest BCUT2D eigenvalue weighted by Gasteiger charge is -2.18. The summed E-state index contributed by atoms with van der Waals surface area (Å²) in [5.41, 5.74) is 3.87. The van der Waals surface area contributed by atoms with Gasteiger partial charge in [0.1, 0.15) is 23.6 Å². The van der Waals surface area contributed by atoms with Crippen LogP contribution in [0.4, 0.5) is 5.82 Å². The molecule has 166 valence electrons. The van der Waals surface area contributed by atoms with Gasteiger partial charge in [0.25, 0.3) is 5.91 Å². The van der Waals surface area contributed by atoms with E-state index in [1.807, 2.05) is 60.2 Å². The molecule has 8 heteroatoms. The fraction of sp³-hybridized carbons (Fsp3) is 0.240. The summed E-state index contributed by atoms with van der Waals surface area (Å²) in [5.74, 6) is 1.63. The molecule has 1 aliphatic heterocycles. The summed E-state index contributed by atoms with van der Waals surface area (Å²) in [4.78, 5) is 22.3. The zero-order valence-corrected chi connectivity index (χ0v) is 18.5. The number of aryl methyl sites for hydroxylation is 2. The highest BCUT2D eigenvalue weighted by atomic mass is 16.5. The number of pyridine rings is 2. The minimum absolute atomic E-state index is 0.263. The number of hydrogen-bond acceptors (Lipinski definition) is 6. The van der Waals surface area contributed by atoms with Crippen molar-refractivity contribution in [3.8, 4) is 28.4 Å². The molecular formula is C25H24N6O2. The van der Waals surface area contributed by atoms with Crippen LogP contribution in [0.3, 0.4) is 0 Å². The number of amides is 1. The first-order chi connectivity index (χ1) is 16.1. The van der Waals surface area contributed by atoms with Crippen LogP contribution in [0.5, 0.6) is 5.75 Å². The number of carbonyl (C=O) groups excluding carboxylic acids is 1. The minimum Gasteiger partial charge on any atom is -0.492 e. The predicted molar refractivity (Wildman–Crippen MR) is 125 cm³/mol. The second-order valence-electron chi connectivity index (χ2n) is 8.31. The zero-order chi connectivity index (χ0) is 22.8. The highest BCUT2D eigenvalue weighted by molar-refractivity contribution is 6.06. The Morgan fingerprint density at radius 3 is 2.85 bits per heavy atom. The molecule has 0 radical (unpaired) electrons. The van der Waals surface area contributed by atoms with Crippen LogP contribution in [0.1, 0.15) is 29.4 Å². The molecule has 0 fully saturated rings. The van der Waals surface area contributed by atoms with Crippen molar-refractivity contribution in [1.29, 1.82) is 0 Å². The Labute approximate surface area is 191 Å². The molecule has 2 bridgehead atoms. The quantitative estimate of drug-likeness (QED) is 0.472. The van der Waals surface area contributed by atoms with E-state index in [1.54, 1.807) is 12.4 Å². The fourth-order valence-corrected chi connectivity index (χ4v) is 3.76. The van der Waals surface area contributed by atoms with E-state index in [1.165, 1.54) is 0 Å². The minimum atomic E-state index is -0.289. The van der Waals surface area contributed by atoms with Crippen molar-refractivity contribution in [2.24, 2.45) is 5.92 Å². The maximum atomic E-state index is 13.3. The van der Waals surface area contributed by atoms with Crippen molar-refractivity contribution < 1.29 is 9.53 Å². The van der Waals surface area contributed by atoms with Crippen LogP contribution in [0.25, 0.3) is 22.6 Å². The number of rotatable bonds is 1. The topological polar surface area (TPSA) is 94.8 Å². The molecule has 33 heavy (non-hydrogen) atoms. The number of ether oxygens (including phenoxy) is 1. The summed E-state index contributed by atoms with van der Waals surface area (Å²) in [5, 5.41) is 11.2. The van der Waals surface area contributed by atoms with Gasteiger partial charge >= 0.3 is 0 Å². The zero-order valence-electron chi connectivity index (χ0n) is 18.5. The lowest BCUT2D eigenvalue weighted by molar-refractivity contribution is 0.102. The van der Waals surface area contributed by atoms with Gasteiger partial charge in [0.2, 0.25) is 0 Å². The van der Waals surface area contributed by atoms with E-state index in [9.17, 15) is 4.79 Å². The van der Waals surface area contributed by atoms with Gasteiger partial charge in [-0.05, 0) is 55.2 Å². The Balaban J connectivity index is 1.55. The van der Waals surface area contributed by atoms with E-state index in [4.69, 9.17) is 4.74 Å². The molecule has 1 aromatic carbocycles. The molecule has 1 amide bonds. The van der Waals surface area contributed by atoms with Crippen molar-refractivity contribution in [2.45, 2.75) is 26.8 Å². The Kier molecular flexibility index (Phi) is 5.56. The fourth-order valence-electron chi connectivity index (χ4n) is 3.76. The molecule has 3 aromatic heterocycles. The number of carbonyl (C=O) groups is 1. The number of nitrogens with zero attached hydrogens (tertiary/aromatic N) is 5. The highest BCUT2D eigenvalue weighted by Gasteiger charge is 2.18. The molecule has 0 spiro atoms. The van der Waals surface area contributed by atoms with Crippen molar-refractivity contribution in [2.75, 3.05) is 11.9 Å². The summed E-state index contributed by atoms with van der Waals surface area (Å²) >= 11 is 0. The van der Waals surface area contributed by atoms with Crippen LogP contribution in [-0.2, 0) is 6.54 Å². The number of nitrogens with one attached hydrogen (secondary N) is 1. The van der Waals surface area contributed by atoms with Gasteiger partial charge in [0.05, 0.1) is 12.2 Å². The van der Waals surface area contributed by atoms with E-state index < -0.39 is 0 Å². The molecule has 0 unspecified atom stereocenters. The molecule has 1 atom stereocenters. The van der Waals surface area contributed by atoms with Gasteiger partial charge in [-0.1, -0.05) is 25.1 Å². The predicted octanol–water partition coefficient (Wildman–Crippen LogP) is 4.38. The number of hydrogen-bond donors (Lipinski definition) is 1. The molecule has 5 rings (SSSR count). The lowest BCUT2D eigenvalue weighted by Crippen LogP contribution is -2.18. The van der Waals surface area contributed by atoms with Crippen LogP contribution in [0, 0.1) is 12.8 Å². The van der Waals surface area contributed by atoms with E-state index in [0.717, 1.165) is 29.8 Å². The van der Waals surface area contributed by atoms with Crippen LogP contribution >= 0.6 is 0 Å². The maximum absolute atomic E-state index is 13.3. The summed E-state index contributed by atoms with van der Waals surface area (Å²) in [6, 6.07) is 15.1. The Hall–Kier alpha value is -4.07. The first kappa shape index (κ1) is 20.8. The molecule has 0 aliphatic carbocycles. The summed E-state index contributed by atoms with van der Waals surface area (Å²) in [6.07, 6.45) is 4.39. The Morgan fingerprint density at radius 2 is 2.00 bits per heavy atom. The van der Waals surface area contributed by atoms with Crippen molar-refractivity contribution in [3.05, 3.63) is 72.3 Å². The Bertz CT molecular complexity index is 1300. The van der Waals surface area contributed by atoms with E-state index in [0.29, 0.717) is 35.3 Å². The first-order valence-corrected chi connectivity index (χ1v) is 10.9. The van der Waals surface area contributed by atoms with Crippen molar-refractivity contribution >= 4 is 11.7 Å². The molecule has 4 aromatic rings. The second kappa shape index (κ2) is 8.82. The molecule has 4 heterocycles. The van der Waals surface area contributed by atoms with Gasteiger partial charge < -0.3 is 14.6 Å². The van der Waals surface area contributed by atoms with Gasteiger partial charge in [-0.25, -0.2) is 4.98 Å². The van der Waals surface area contributed by atoms with Crippen LogP contribution in [-0.4, -0.2) is 37.2 Å². The summed E-state index contributed by atoms with van der Waals surface area (Å²) in [6.45, 7) is 5.31. The van der Waals surface area contributed by atoms with E-state index in [2.05, 4.69) is 32.4 Å². The standard InChI is InChI=1S/C25H24N6O2/c1-16-10-11-31-15-27-30-24(31)21-4-3-5-23(28-21)29-25(32)20-12-18(8-9-22(20)33-14-16)19-7-6-17(2)26-13-19/h3-9,12-13,15-16H,10-11,14H2,1-2H3,(H,28,29,32)/t16-/m0/s1. The lowest BCUT2D eigenvalue weighted by atomic mass is 10.0. The maximum Gasteiger partial charge on any atom is 0.260 e. The van der Waals surface area contributed by atoms with Crippen molar-refractivity contribution in [1.82, 2.24) is 24.7 Å². The average Bonchev–Trinajstić information content (AvgIpc) is 3.30. The molecule has 0 saturated carbocycles. The number of benzene rings is 1. The smallest absolute Gasteiger partial charge is 0.260 e. The van der Waals surface area contributed by atoms with Gasteiger partial charge in [0.15, 0.2) is 5.82 Å². The third kappa shape index (κ3) is 4.45. The third-order valence-corrected chi connectivity index (χ3v) is 5.69. The second-order valence-corrected chi connectivity index (χ2v) is 8.31. The monoisotopic (exact) mass is 440 g/mol. The molecule has 1 aliphatic rings.